The molecule has 1 N–H and O–H groups in total. The van der Waals surface area contributed by atoms with Crippen LogP contribution in [0.15, 0.2) is 54.6 Å². The van der Waals surface area contributed by atoms with Gasteiger partial charge in [0.25, 0.3) is 5.91 Å². The molecule has 38 heavy (non-hydrogen) atoms. The molecule has 5 rings (SSSR count). The zero-order chi connectivity index (χ0) is 27.2. The van der Waals surface area contributed by atoms with Gasteiger partial charge in [-0.3, -0.25) is 4.79 Å². The number of carbonyl (C=O) groups excluding carboxylic acids is 1. The number of halogens is 5. The van der Waals surface area contributed by atoms with E-state index in [1.54, 1.807) is 41.3 Å². The quantitative estimate of drug-likeness (QED) is 0.320. The lowest BCUT2D eigenvalue weighted by atomic mass is 10.0. The van der Waals surface area contributed by atoms with Crippen molar-refractivity contribution in [3.8, 4) is 5.69 Å². The summed E-state index contributed by atoms with van der Waals surface area (Å²) >= 11 is 13.2. The number of rotatable bonds is 4. The average molecular weight is 564 g/mol. The van der Waals surface area contributed by atoms with Gasteiger partial charge in [-0.15, -0.1) is 0 Å². The number of nitrogens with zero attached hydrogens (tertiary/aromatic N) is 3. The molecule has 198 valence electrons. The number of aliphatic hydroxyl groups excluding tert-OH is 1. The third-order valence-corrected chi connectivity index (χ3v) is 7.27. The van der Waals surface area contributed by atoms with E-state index in [-0.39, 0.29) is 44.0 Å². The minimum absolute atomic E-state index is 0.0304. The first-order chi connectivity index (χ1) is 18.1. The minimum atomic E-state index is -4.66. The molecule has 2 aromatic carbocycles. The first-order valence-corrected chi connectivity index (χ1v) is 12.5. The molecular weight excluding hydrogens is 542 g/mol. The van der Waals surface area contributed by atoms with E-state index in [0.29, 0.717) is 37.4 Å². The molecule has 1 aliphatic heterocycles. The van der Waals surface area contributed by atoms with E-state index in [4.69, 9.17) is 27.9 Å². The Bertz CT molecular complexity index is 1520. The van der Waals surface area contributed by atoms with Crippen molar-refractivity contribution in [1.29, 1.82) is 0 Å². The summed E-state index contributed by atoms with van der Waals surface area (Å²) in [6, 6.07) is 14.1. The normalized spacial score (nSPS) is 15.2. The number of fused-ring (bicyclic) bond motifs is 1. The maximum atomic E-state index is 13.6. The van der Waals surface area contributed by atoms with Gasteiger partial charge >= 0.3 is 6.18 Å². The zero-order valence-corrected chi connectivity index (χ0v) is 21.6. The topological polar surface area (TPSA) is 67.6 Å². The maximum Gasteiger partial charge on any atom is 0.433 e. The summed E-state index contributed by atoms with van der Waals surface area (Å²) in [5.41, 5.74) is 0.274. The predicted octanol–water partition coefficient (Wildman–Crippen LogP) is 6.21. The highest BCUT2D eigenvalue weighted by molar-refractivity contribution is 6.38. The van der Waals surface area contributed by atoms with Crippen LogP contribution in [0.4, 0.5) is 13.2 Å². The Morgan fingerprint density at radius 2 is 1.76 bits per heavy atom. The van der Waals surface area contributed by atoms with Crippen LogP contribution in [-0.4, -0.2) is 51.8 Å². The summed E-state index contributed by atoms with van der Waals surface area (Å²) in [6.07, 6.45) is -6.14. The molecule has 1 unspecified atom stereocenters. The molecular formula is C27H22Cl2F3N3O3. The molecule has 0 aliphatic carbocycles. The molecule has 1 saturated heterocycles. The number of para-hydroxylation sites is 1. The molecule has 0 spiro atoms. The molecule has 1 atom stereocenters. The van der Waals surface area contributed by atoms with E-state index in [1.807, 2.05) is 0 Å². The number of hydrogen-bond donors (Lipinski definition) is 1. The van der Waals surface area contributed by atoms with Gasteiger partial charge in [0.1, 0.15) is 11.8 Å². The third kappa shape index (κ3) is 4.75. The Balaban J connectivity index is 1.70. The second-order valence-corrected chi connectivity index (χ2v) is 9.68. The smallest absolute Gasteiger partial charge is 0.382 e. The molecule has 6 nitrogen and oxygen atoms in total. The Kier molecular flexibility index (Phi) is 7.13. The lowest BCUT2D eigenvalue weighted by Crippen LogP contribution is -2.40. The Hall–Kier alpha value is -3.11. The molecule has 1 aliphatic rings. The van der Waals surface area contributed by atoms with Crippen LogP contribution in [0.2, 0.25) is 10.0 Å². The summed E-state index contributed by atoms with van der Waals surface area (Å²) in [7, 11) is 0. The van der Waals surface area contributed by atoms with Crippen LogP contribution < -0.4 is 0 Å². The van der Waals surface area contributed by atoms with E-state index < -0.39 is 18.0 Å². The van der Waals surface area contributed by atoms with Gasteiger partial charge in [0.05, 0.1) is 35.0 Å². The summed E-state index contributed by atoms with van der Waals surface area (Å²) in [6.45, 7) is 3.07. The summed E-state index contributed by atoms with van der Waals surface area (Å²) in [4.78, 5) is 18.5. The second-order valence-electron chi connectivity index (χ2n) is 8.89. The molecule has 3 heterocycles. The van der Waals surface area contributed by atoms with Gasteiger partial charge in [0.2, 0.25) is 0 Å². The van der Waals surface area contributed by atoms with Crippen molar-refractivity contribution in [3.63, 3.8) is 0 Å². The van der Waals surface area contributed by atoms with Gasteiger partial charge in [-0.2, -0.15) is 13.2 Å². The van der Waals surface area contributed by atoms with Crippen LogP contribution in [0.5, 0.6) is 0 Å². The fraction of sp³-hybridized carbons (Fsp3) is 0.259. The van der Waals surface area contributed by atoms with Gasteiger partial charge in [-0.25, -0.2) is 4.98 Å². The lowest BCUT2D eigenvalue weighted by molar-refractivity contribution is -0.141. The number of alkyl halides is 3. The summed E-state index contributed by atoms with van der Waals surface area (Å²) in [5, 5.41) is 12.2. The fourth-order valence-electron chi connectivity index (χ4n) is 4.66. The number of benzene rings is 2. The number of aromatic nitrogens is 2. The molecule has 4 aromatic rings. The standard InChI is InChI=1S/C27H22Cl2F3N3O3/c1-15-18-13-21(35(16-5-3-2-4-6-16)20(18)14-22(33-15)27(30,31)32)25(36)23-19(28)8-7-17(24(23)29)26(37)34-9-11-38-12-10-34/h2-8,13-14,25,36H,9-12H2,1H3. The van der Waals surface area contributed by atoms with Crippen molar-refractivity contribution in [2.75, 3.05) is 26.3 Å². The number of morpholine rings is 1. The van der Waals surface area contributed by atoms with Gasteiger partial charge in [0.15, 0.2) is 0 Å². The highest BCUT2D eigenvalue weighted by atomic mass is 35.5. The van der Waals surface area contributed by atoms with Gasteiger partial charge < -0.3 is 19.3 Å². The molecule has 0 saturated carbocycles. The highest BCUT2D eigenvalue weighted by Gasteiger charge is 2.35. The second kappa shape index (κ2) is 10.2. The fourth-order valence-corrected chi connectivity index (χ4v) is 5.32. The van der Waals surface area contributed by atoms with Crippen LogP contribution in [0.1, 0.15) is 39.1 Å². The Labute approximate surface area is 226 Å². The number of amides is 1. The molecule has 1 amide bonds. The predicted molar refractivity (Wildman–Crippen MR) is 138 cm³/mol. The number of ether oxygens (including phenoxy) is 1. The summed E-state index contributed by atoms with van der Waals surface area (Å²) in [5.74, 6) is -0.332. The highest BCUT2D eigenvalue weighted by Crippen LogP contribution is 2.41. The minimum Gasteiger partial charge on any atom is -0.382 e. The monoisotopic (exact) mass is 563 g/mol. The van der Waals surface area contributed by atoms with Crippen LogP contribution in [0.3, 0.4) is 0 Å². The van der Waals surface area contributed by atoms with Crippen LogP contribution >= 0.6 is 23.2 Å². The first kappa shape index (κ1) is 26.5. The molecule has 1 fully saturated rings. The van der Waals surface area contributed by atoms with Crippen molar-refractivity contribution in [2.45, 2.75) is 19.2 Å². The van der Waals surface area contributed by atoms with Crippen LogP contribution in [0, 0.1) is 6.92 Å². The lowest BCUT2D eigenvalue weighted by Gasteiger charge is -2.28. The van der Waals surface area contributed by atoms with Crippen molar-refractivity contribution in [3.05, 3.63) is 92.9 Å². The maximum absolute atomic E-state index is 13.6. The largest absolute Gasteiger partial charge is 0.433 e. The van der Waals surface area contributed by atoms with E-state index in [9.17, 15) is 23.1 Å². The van der Waals surface area contributed by atoms with E-state index in [2.05, 4.69) is 4.98 Å². The zero-order valence-electron chi connectivity index (χ0n) is 20.1. The van der Waals surface area contributed by atoms with E-state index in [0.717, 1.165) is 6.07 Å². The van der Waals surface area contributed by atoms with Gasteiger partial charge in [0, 0.05) is 40.4 Å². The number of carbonyl (C=O) groups is 1. The summed E-state index contributed by atoms with van der Waals surface area (Å²) < 4.78 is 47.8. The molecule has 0 radical (unpaired) electrons. The molecule has 0 bridgehead atoms. The molecule has 11 heteroatoms. The SMILES string of the molecule is Cc1nc(C(F)(F)F)cc2c1cc(C(O)c1c(Cl)ccc(C(=O)N3CCOCC3)c1Cl)n2-c1ccccc1. The Morgan fingerprint density at radius 1 is 1.08 bits per heavy atom. The van der Waals surface area contributed by atoms with Crippen LogP contribution in [0.25, 0.3) is 16.6 Å². The van der Waals surface area contributed by atoms with E-state index in [1.165, 1.54) is 23.6 Å². The number of hydrogen-bond acceptors (Lipinski definition) is 4. The number of pyridine rings is 1. The van der Waals surface area contributed by atoms with Gasteiger partial charge in [-0.05, 0) is 43.3 Å². The Morgan fingerprint density at radius 3 is 2.42 bits per heavy atom. The van der Waals surface area contributed by atoms with E-state index >= 15 is 0 Å². The number of aryl methyl sites for hydroxylation is 1. The third-order valence-electron chi connectivity index (χ3n) is 6.53. The van der Waals surface area contributed by atoms with Crippen molar-refractivity contribution < 1.29 is 27.8 Å². The van der Waals surface area contributed by atoms with Gasteiger partial charge in [-0.1, -0.05) is 41.4 Å². The van der Waals surface area contributed by atoms with Crippen molar-refractivity contribution in [2.24, 2.45) is 0 Å². The van der Waals surface area contributed by atoms with Crippen LogP contribution in [-0.2, 0) is 10.9 Å². The van der Waals surface area contributed by atoms with Crippen molar-refractivity contribution in [1.82, 2.24) is 14.5 Å². The number of aliphatic hydroxyl groups is 1. The first-order valence-electron chi connectivity index (χ1n) is 11.8. The van der Waals surface area contributed by atoms with Crippen molar-refractivity contribution >= 4 is 40.0 Å². The average Bonchev–Trinajstić information content (AvgIpc) is 3.29. The molecule has 2 aromatic heterocycles.